The topological polar surface area (TPSA) is 219 Å². The summed E-state index contributed by atoms with van der Waals surface area (Å²) in [7, 11) is -3.51. The summed E-state index contributed by atoms with van der Waals surface area (Å²) in [6.45, 7) is 1.62. The molecule has 0 saturated heterocycles. The van der Waals surface area contributed by atoms with Gasteiger partial charge in [0, 0.05) is 18.2 Å². The van der Waals surface area contributed by atoms with Gasteiger partial charge < -0.3 is 19.7 Å². The van der Waals surface area contributed by atoms with E-state index in [-0.39, 0.29) is 87.6 Å². The van der Waals surface area contributed by atoms with Crippen LogP contribution < -0.4 is 74.1 Å². The monoisotopic (exact) mass is 559 g/mol. The van der Waals surface area contributed by atoms with Gasteiger partial charge in [-0.15, -0.1) is 10.2 Å². The Kier molecular flexibility index (Phi) is 12.1. The van der Waals surface area contributed by atoms with Crippen molar-refractivity contribution in [3.63, 3.8) is 0 Å². The third kappa shape index (κ3) is 8.12. The third-order valence-corrected chi connectivity index (χ3v) is 5.53. The molecule has 0 saturated carbocycles. The van der Waals surface area contributed by atoms with E-state index < -0.39 is 42.9 Å². The number of aromatic carboxylic acids is 1. The number of benzene rings is 3. The maximum atomic E-state index is 11.7. The molecule has 0 radical (unpaired) electrons. The molecule has 0 aliphatic heterocycles. The van der Waals surface area contributed by atoms with E-state index in [2.05, 4.69) is 20.5 Å². The van der Waals surface area contributed by atoms with Crippen molar-refractivity contribution < 1.29 is 96.8 Å². The Morgan fingerprint density at radius 1 is 0.947 bits per heavy atom. The van der Waals surface area contributed by atoms with Gasteiger partial charge >= 0.3 is 59.1 Å². The molecule has 3 aromatic carbocycles. The molecule has 0 bridgehead atoms. The molecule has 0 aliphatic rings. The fraction of sp³-hybridized carbons (Fsp3) is 0.0952. The molecule has 186 valence electrons. The van der Waals surface area contributed by atoms with Crippen LogP contribution in [0.25, 0.3) is 0 Å². The number of non-ortho nitro benzene ring substituents is 1. The second kappa shape index (κ2) is 13.9. The van der Waals surface area contributed by atoms with Gasteiger partial charge in [0.05, 0.1) is 29.4 Å². The van der Waals surface area contributed by atoms with Gasteiger partial charge in [-0.05, 0) is 42.3 Å². The molecule has 14 nitrogen and oxygen atoms in total. The number of carboxylic acids is 1. The van der Waals surface area contributed by atoms with Gasteiger partial charge in [-0.1, -0.05) is 11.8 Å². The molecule has 0 aliphatic carbocycles. The van der Waals surface area contributed by atoms with Gasteiger partial charge in [0.25, 0.3) is 15.8 Å². The molecule has 0 atom stereocenters. The number of methoxy groups -OCH3 is 1. The number of nitrogens with zero attached hydrogens (tertiary/aromatic N) is 5. The molecule has 3 rings (SSSR count). The van der Waals surface area contributed by atoms with Crippen molar-refractivity contribution in [1.82, 2.24) is 0 Å². The smallest absolute Gasteiger partial charge is 0.872 e. The average molecular weight is 559 g/mol. The van der Waals surface area contributed by atoms with E-state index in [4.69, 9.17) is 4.74 Å². The van der Waals surface area contributed by atoms with Crippen LogP contribution in [0, 0.1) is 17.0 Å². The second-order valence-electron chi connectivity index (χ2n) is 7.06. The Morgan fingerprint density at radius 3 is 2.16 bits per heavy atom. The van der Waals surface area contributed by atoms with Gasteiger partial charge in [-0.25, -0.2) is 0 Å². The van der Waals surface area contributed by atoms with E-state index in [9.17, 15) is 38.1 Å². The molecule has 0 amide bonds. The van der Waals surface area contributed by atoms with Crippen LogP contribution in [-0.2, 0) is 10.1 Å². The number of azo groups is 2. The number of nitro groups is 1. The van der Waals surface area contributed by atoms with Crippen molar-refractivity contribution in [3.8, 4) is 11.5 Å². The van der Waals surface area contributed by atoms with Gasteiger partial charge in [0.1, 0.15) is 22.0 Å². The van der Waals surface area contributed by atoms with E-state index in [0.29, 0.717) is 11.6 Å². The normalized spacial score (nSPS) is 11.1. The quantitative estimate of drug-likeness (QED) is 0.101. The van der Waals surface area contributed by atoms with Crippen LogP contribution in [-0.4, -0.2) is 31.0 Å². The van der Waals surface area contributed by atoms with Crippen LogP contribution >= 0.6 is 0 Å². The molecule has 3 aromatic rings. The van der Waals surface area contributed by atoms with Crippen molar-refractivity contribution in [3.05, 3.63) is 69.8 Å². The van der Waals surface area contributed by atoms with Crippen LogP contribution in [0.2, 0.25) is 0 Å². The summed E-state index contributed by atoms with van der Waals surface area (Å²) < 4.78 is 38.0. The minimum Gasteiger partial charge on any atom is -0.872 e. The van der Waals surface area contributed by atoms with Gasteiger partial charge in [0.2, 0.25) is 0 Å². The Hall–Kier alpha value is -2.76. The summed E-state index contributed by atoms with van der Waals surface area (Å²) in [6.07, 6.45) is 0. The predicted octanol–water partition coefficient (Wildman–Crippen LogP) is -2.57. The van der Waals surface area contributed by atoms with E-state index in [1.807, 2.05) is 0 Å². The van der Waals surface area contributed by atoms with Crippen molar-refractivity contribution >= 4 is 44.5 Å². The molecule has 0 fully saturated rings. The zero-order valence-corrected chi connectivity index (χ0v) is 25.3. The summed E-state index contributed by atoms with van der Waals surface area (Å²) in [6, 6.07) is 8.89. The summed E-state index contributed by atoms with van der Waals surface area (Å²) in [5.74, 6) is -2.22. The fourth-order valence-corrected chi connectivity index (χ4v) is 3.52. The fourth-order valence-electron chi connectivity index (χ4n) is 2.88. The number of rotatable bonds is 8. The number of nitro benzene ring substituents is 1. The SMILES string of the molecule is COc1cc(N=Nc2ccc([N+](=O)[O-])cc2S(=O)(=O)O)c(C)cc1N=Nc1ccc([O-])c(C(=O)[O-])c1.[Na+].[Na+]. The van der Waals surface area contributed by atoms with E-state index in [0.717, 1.165) is 24.3 Å². The summed E-state index contributed by atoms with van der Waals surface area (Å²) >= 11 is 0. The molecular weight excluding hydrogens is 544 g/mol. The first-order chi connectivity index (χ1) is 16.9. The van der Waals surface area contributed by atoms with Crippen LogP contribution in [0.15, 0.2) is 73.9 Å². The van der Waals surface area contributed by atoms with Gasteiger partial charge in [0.15, 0.2) is 0 Å². The Labute approximate surface area is 260 Å². The molecule has 0 aromatic heterocycles. The van der Waals surface area contributed by atoms with Crippen molar-refractivity contribution in [2.75, 3.05) is 7.11 Å². The maximum absolute atomic E-state index is 11.7. The second-order valence-corrected chi connectivity index (χ2v) is 8.45. The first-order valence-corrected chi connectivity index (χ1v) is 11.1. The number of hydrogen-bond acceptors (Lipinski definition) is 12. The Morgan fingerprint density at radius 2 is 1.58 bits per heavy atom. The molecular formula is C21H15N5Na2O9S. The molecule has 0 heterocycles. The summed E-state index contributed by atoms with van der Waals surface area (Å²) in [5.41, 5.74) is -0.491. The van der Waals surface area contributed by atoms with E-state index in [1.54, 1.807) is 6.92 Å². The van der Waals surface area contributed by atoms with Crippen LogP contribution in [0.4, 0.5) is 28.4 Å². The zero-order chi connectivity index (χ0) is 26.6. The summed E-state index contributed by atoms with van der Waals surface area (Å²) in [4.78, 5) is 20.3. The molecule has 0 spiro atoms. The number of carbonyl (C=O) groups excluding carboxylic acids is 1. The number of ether oxygens (including phenoxy) is 1. The minimum absolute atomic E-state index is 0. The largest absolute Gasteiger partial charge is 1.00 e. The molecule has 17 heteroatoms. The first-order valence-electron chi connectivity index (χ1n) is 9.71. The van der Waals surface area contributed by atoms with Gasteiger partial charge in [-0.3, -0.25) is 14.7 Å². The van der Waals surface area contributed by atoms with Crippen LogP contribution in [0.3, 0.4) is 0 Å². The van der Waals surface area contributed by atoms with Gasteiger partial charge in [-0.2, -0.15) is 18.6 Å². The molecule has 38 heavy (non-hydrogen) atoms. The third-order valence-electron chi connectivity index (χ3n) is 4.65. The standard InChI is InChI=1S/C21H17N5O9S.2Na/c1-11-7-17(25-22-12-3-6-18(27)14(8-12)21(28)29)19(35-2)10-16(11)24-23-15-5-4-13(26(30)31)9-20(15)36(32,33)34;;/h3-10,27H,1-2H3,(H,28,29)(H,32,33,34);;/q;2*+1/p-2. The number of carbonyl (C=O) groups is 1. The molecule has 1 N–H and O–H groups in total. The Balaban J connectivity index is 0.00000361. The molecule has 0 unspecified atom stereocenters. The summed E-state index contributed by atoms with van der Waals surface area (Å²) in [5, 5.41) is 49.2. The van der Waals surface area contributed by atoms with E-state index in [1.165, 1.54) is 25.3 Å². The van der Waals surface area contributed by atoms with Crippen LogP contribution in [0.5, 0.6) is 11.5 Å². The van der Waals surface area contributed by atoms with Crippen LogP contribution in [0.1, 0.15) is 15.9 Å². The zero-order valence-electron chi connectivity index (χ0n) is 20.5. The number of hydrogen-bond donors (Lipinski definition) is 1. The minimum atomic E-state index is -4.84. The Bertz CT molecular complexity index is 1550. The predicted molar refractivity (Wildman–Crippen MR) is 119 cm³/mol. The number of aryl methyl sites for hydroxylation is 1. The average Bonchev–Trinajstić information content (AvgIpc) is 2.81. The number of carboxylic acid groups (broad SMARTS) is 1. The van der Waals surface area contributed by atoms with Crippen molar-refractivity contribution in [2.24, 2.45) is 20.5 Å². The maximum Gasteiger partial charge on any atom is 1.00 e. The van der Waals surface area contributed by atoms with Crippen molar-refractivity contribution in [2.45, 2.75) is 11.8 Å². The van der Waals surface area contributed by atoms with Crippen molar-refractivity contribution in [1.29, 1.82) is 0 Å². The first kappa shape index (κ1) is 33.3. The van der Waals surface area contributed by atoms with E-state index >= 15 is 0 Å².